The number of ether oxygens (including phenoxy) is 2. The molecule has 2 aromatic carbocycles. The van der Waals surface area contributed by atoms with Crippen LogP contribution in [0.1, 0.15) is 17.0 Å². The van der Waals surface area contributed by atoms with Gasteiger partial charge in [0.2, 0.25) is 11.8 Å². The lowest BCUT2D eigenvalue weighted by molar-refractivity contribution is 0.415. The second-order valence-electron chi connectivity index (χ2n) is 6.15. The fourth-order valence-corrected chi connectivity index (χ4v) is 3.59. The van der Waals surface area contributed by atoms with Gasteiger partial charge >= 0.3 is 0 Å². The standard InChI is InChI=1S/C20H15BrN4O2/c1-26-14-8-4-12(5-9-14)18-17-16(11-2-6-13(21)7-3-11)15(10-22)19(23)27-20(17)25-24-18/h2-9,15-16,23H,1H3,(H,24,25). The summed E-state index contributed by atoms with van der Waals surface area (Å²) in [5, 5.41) is 25.1. The van der Waals surface area contributed by atoms with Crippen molar-refractivity contribution in [2.24, 2.45) is 5.92 Å². The number of methoxy groups -OCH3 is 1. The molecule has 6 nitrogen and oxygen atoms in total. The van der Waals surface area contributed by atoms with E-state index in [2.05, 4.69) is 32.2 Å². The number of nitriles is 1. The minimum atomic E-state index is -0.728. The van der Waals surface area contributed by atoms with E-state index < -0.39 is 5.92 Å². The van der Waals surface area contributed by atoms with E-state index in [9.17, 15) is 5.26 Å². The zero-order valence-corrected chi connectivity index (χ0v) is 15.9. The molecule has 0 fully saturated rings. The lowest BCUT2D eigenvalue weighted by Gasteiger charge is -2.28. The Morgan fingerprint density at radius 3 is 2.52 bits per heavy atom. The van der Waals surface area contributed by atoms with Gasteiger partial charge in [0.1, 0.15) is 11.7 Å². The lowest BCUT2D eigenvalue weighted by atomic mass is 9.79. The number of H-pyrrole nitrogens is 1. The summed E-state index contributed by atoms with van der Waals surface area (Å²) in [6.07, 6.45) is 0. The number of aromatic amines is 1. The van der Waals surface area contributed by atoms with Crippen molar-refractivity contribution in [3.63, 3.8) is 0 Å². The second-order valence-corrected chi connectivity index (χ2v) is 7.06. The SMILES string of the molecule is COc1ccc(-c2[nH]nc3c2C(c2ccc(Br)cc2)C(C#N)C(=N)O3)cc1. The maximum atomic E-state index is 9.71. The van der Waals surface area contributed by atoms with E-state index in [-0.39, 0.29) is 11.8 Å². The molecule has 1 aliphatic heterocycles. The van der Waals surface area contributed by atoms with E-state index in [0.29, 0.717) is 5.88 Å². The largest absolute Gasteiger partial charge is 0.497 e. The van der Waals surface area contributed by atoms with E-state index in [4.69, 9.17) is 14.9 Å². The summed E-state index contributed by atoms with van der Waals surface area (Å²) in [6.45, 7) is 0. The Kier molecular flexibility index (Phi) is 4.42. The summed E-state index contributed by atoms with van der Waals surface area (Å²) in [4.78, 5) is 0. The number of aromatic nitrogens is 2. The fourth-order valence-electron chi connectivity index (χ4n) is 3.33. The molecule has 0 saturated heterocycles. The molecule has 3 aromatic rings. The van der Waals surface area contributed by atoms with Gasteiger partial charge in [0.15, 0.2) is 0 Å². The minimum Gasteiger partial charge on any atom is -0.497 e. The van der Waals surface area contributed by atoms with Crippen LogP contribution in [-0.2, 0) is 0 Å². The van der Waals surface area contributed by atoms with E-state index in [0.717, 1.165) is 32.6 Å². The summed E-state index contributed by atoms with van der Waals surface area (Å²) in [7, 11) is 1.62. The van der Waals surface area contributed by atoms with Crippen molar-refractivity contribution in [3.8, 4) is 29.0 Å². The van der Waals surface area contributed by atoms with Crippen LogP contribution >= 0.6 is 15.9 Å². The molecule has 1 aliphatic rings. The van der Waals surface area contributed by atoms with Crippen molar-refractivity contribution < 1.29 is 9.47 Å². The molecule has 27 heavy (non-hydrogen) atoms. The highest BCUT2D eigenvalue weighted by Gasteiger charge is 2.40. The zero-order chi connectivity index (χ0) is 19.0. The van der Waals surface area contributed by atoms with Crippen molar-refractivity contribution >= 4 is 21.8 Å². The van der Waals surface area contributed by atoms with Crippen LogP contribution < -0.4 is 9.47 Å². The first-order valence-electron chi connectivity index (χ1n) is 8.26. The van der Waals surface area contributed by atoms with Gasteiger partial charge in [-0.15, -0.1) is 5.10 Å². The van der Waals surface area contributed by atoms with Crippen molar-refractivity contribution in [2.75, 3.05) is 7.11 Å². The van der Waals surface area contributed by atoms with Gasteiger partial charge in [-0.25, -0.2) is 0 Å². The molecule has 1 aromatic heterocycles. The molecule has 134 valence electrons. The minimum absolute atomic E-state index is 0.0919. The Labute approximate surface area is 164 Å². The Morgan fingerprint density at radius 1 is 1.19 bits per heavy atom. The third-order valence-electron chi connectivity index (χ3n) is 4.65. The highest BCUT2D eigenvalue weighted by molar-refractivity contribution is 9.10. The highest BCUT2D eigenvalue weighted by atomic mass is 79.9. The number of fused-ring (bicyclic) bond motifs is 1. The van der Waals surface area contributed by atoms with Crippen molar-refractivity contribution in [3.05, 3.63) is 64.1 Å². The average molecular weight is 423 g/mol. The summed E-state index contributed by atoms with van der Waals surface area (Å²) >= 11 is 3.44. The van der Waals surface area contributed by atoms with E-state index in [1.807, 2.05) is 48.5 Å². The molecule has 4 rings (SSSR count). The summed E-state index contributed by atoms with van der Waals surface area (Å²) in [5.74, 6) is -0.0797. The van der Waals surface area contributed by atoms with E-state index in [1.165, 1.54) is 0 Å². The molecule has 2 heterocycles. The molecule has 7 heteroatoms. The first-order valence-corrected chi connectivity index (χ1v) is 9.05. The molecule has 0 spiro atoms. The van der Waals surface area contributed by atoms with Gasteiger partial charge < -0.3 is 9.47 Å². The van der Waals surface area contributed by atoms with Gasteiger partial charge in [0.25, 0.3) is 0 Å². The summed E-state index contributed by atoms with van der Waals surface area (Å²) < 4.78 is 11.7. The molecule has 0 bridgehead atoms. The molecule has 2 atom stereocenters. The summed E-state index contributed by atoms with van der Waals surface area (Å²) in [6, 6.07) is 17.6. The maximum Gasteiger partial charge on any atom is 0.244 e. The van der Waals surface area contributed by atoms with Gasteiger partial charge in [-0.2, -0.15) is 5.26 Å². The van der Waals surface area contributed by atoms with Gasteiger partial charge in [0, 0.05) is 16.0 Å². The Bertz CT molecular complexity index is 1040. The second kappa shape index (κ2) is 6.89. The van der Waals surface area contributed by atoms with Crippen molar-refractivity contribution in [1.82, 2.24) is 10.2 Å². The third-order valence-corrected chi connectivity index (χ3v) is 5.18. The molecule has 0 radical (unpaired) electrons. The van der Waals surface area contributed by atoms with Crippen LogP contribution in [0.25, 0.3) is 11.3 Å². The normalized spacial score (nSPS) is 18.3. The fraction of sp³-hybridized carbons (Fsp3) is 0.150. The monoisotopic (exact) mass is 422 g/mol. The van der Waals surface area contributed by atoms with Gasteiger partial charge in [-0.3, -0.25) is 10.5 Å². The molecular weight excluding hydrogens is 408 g/mol. The molecule has 2 unspecified atom stereocenters. The predicted octanol–water partition coefficient (Wildman–Crippen LogP) is 4.49. The smallest absolute Gasteiger partial charge is 0.244 e. The van der Waals surface area contributed by atoms with Crippen LogP contribution in [0.4, 0.5) is 0 Å². The van der Waals surface area contributed by atoms with Crippen LogP contribution in [0.2, 0.25) is 0 Å². The topological polar surface area (TPSA) is 94.8 Å². The highest BCUT2D eigenvalue weighted by Crippen LogP contribution is 2.45. The zero-order valence-electron chi connectivity index (χ0n) is 14.4. The van der Waals surface area contributed by atoms with Crippen LogP contribution in [0.15, 0.2) is 53.0 Å². The number of hydrogen-bond acceptors (Lipinski definition) is 5. The summed E-state index contributed by atoms with van der Waals surface area (Å²) in [5.41, 5.74) is 3.38. The van der Waals surface area contributed by atoms with Crippen LogP contribution in [0.5, 0.6) is 11.6 Å². The number of halogens is 1. The Morgan fingerprint density at radius 2 is 1.89 bits per heavy atom. The number of hydrogen-bond donors (Lipinski definition) is 2. The first kappa shape index (κ1) is 17.3. The third kappa shape index (κ3) is 2.98. The number of benzene rings is 2. The Balaban J connectivity index is 1.89. The van der Waals surface area contributed by atoms with Gasteiger partial charge in [-0.05, 0) is 42.0 Å². The molecule has 0 saturated carbocycles. The van der Waals surface area contributed by atoms with Crippen molar-refractivity contribution in [1.29, 1.82) is 10.7 Å². The number of rotatable bonds is 3. The van der Waals surface area contributed by atoms with E-state index >= 15 is 0 Å². The van der Waals surface area contributed by atoms with Gasteiger partial charge in [-0.1, -0.05) is 28.1 Å². The van der Waals surface area contributed by atoms with Crippen LogP contribution in [-0.4, -0.2) is 23.2 Å². The number of nitrogens with zero attached hydrogens (tertiary/aromatic N) is 2. The number of nitrogens with one attached hydrogen (secondary N) is 2. The average Bonchev–Trinajstić information content (AvgIpc) is 3.11. The first-order chi connectivity index (χ1) is 13.1. The van der Waals surface area contributed by atoms with Crippen molar-refractivity contribution in [2.45, 2.75) is 5.92 Å². The molecule has 0 amide bonds. The van der Waals surface area contributed by atoms with Gasteiger partial charge in [0.05, 0.1) is 24.4 Å². The van der Waals surface area contributed by atoms with Crippen LogP contribution in [0, 0.1) is 22.7 Å². The molecular formula is C20H15BrN4O2. The van der Waals surface area contributed by atoms with E-state index in [1.54, 1.807) is 7.11 Å². The maximum absolute atomic E-state index is 9.71. The molecule has 2 N–H and O–H groups in total. The lowest BCUT2D eigenvalue weighted by Crippen LogP contribution is -2.30. The molecule has 0 aliphatic carbocycles. The van der Waals surface area contributed by atoms with Crippen LogP contribution in [0.3, 0.4) is 0 Å². The predicted molar refractivity (Wildman–Crippen MR) is 104 cm³/mol. The Hall–Kier alpha value is -3.11. The quantitative estimate of drug-likeness (QED) is 0.649.